The van der Waals surface area contributed by atoms with E-state index in [2.05, 4.69) is 0 Å². The average Bonchev–Trinajstić information content (AvgIpc) is 2.53. The second-order valence-electron chi connectivity index (χ2n) is 5.32. The first-order chi connectivity index (χ1) is 10.1. The smallest absolute Gasteiger partial charge is 0.241 e. The van der Waals surface area contributed by atoms with Crippen molar-refractivity contribution >= 4 is 17.5 Å². The van der Waals surface area contributed by atoms with Crippen molar-refractivity contribution in [1.82, 2.24) is 4.90 Å². The van der Waals surface area contributed by atoms with Crippen LogP contribution in [0.1, 0.15) is 12.8 Å². The number of hydrogen-bond donors (Lipinski definition) is 2. The van der Waals surface area contributed by atoms with Gasteiger partial charge >= 0.3 is 0 Å². The predicted octanol–water partition coefficient (Wildman–Crippen LogP) is 1.28. The molecule has 1 aliphatic heterocycles. The van der Waals surface area contributed by atoms with Crippen LogP contribution < -0.4 is 10.5 Å². The molecule has 2 rings (SSSR count). The van der Waals surface area contributed by atoms with Crippen LogP contribution in [0.3, 0.4) is 0 Å². The number of nitrogens with two attached hydrogens (primary N) is 1. The van der Waals surface area contributed by atoms with Gasteiger partial charge in [0.1, 0.15) is 11.8 Å². The Bertz CT molecular complexity index is 484. The summed E-state index contributed by atoms with van der Waals surface area (Å²) in [6.45, 7) is 1.49. The summed E-state index contributed by atoms with van der Waals surface area (Å²) < 4.78 is 5.74. The van der Waals surface area contributed by atoms with Crippen molar-refractivity contribution in [3.8, 4) is 5.75 Å². The van der Waals surface area contributed by atoms with Crippen molar-refractivity contribution in [2.24, 2.45) is 11.7 Å². The van der Waals surface area contributed by atoms with Crippen LogP contribution in [-0.4, -0.2) is 48.3 Å². The van der Waals surface area contributed by atoms with Gasteiger partial charge in [0, 0.05) is 19.0 Å². The molecule has 1 fully saturated rings. The molecule has 1 heterocycles. The maximum Gasteiger partial charge on any atom is 0.241 e. The van der Waals surface area contributed by atoms with Crippen molar-refractivity contribution in [2.75, 3.05) is 26.3 Å². The van der Waals surface area contributed by atoms with E-state index < -0.39 is 6.04 Å². The molecule has 1 aliphatic rings. The monoisotopic (exact) mass is 312 g/mol. The molecule has 1 aromatic rings. The predicted molar refractivity (Wildman–Crippen MR) is 81.3 cm³/mol. The molecule has 2 unspecified atom stereocenters. The molecule has 21 heavy (non-hydrogen) atoms. The third-order valence-corrected chi connectivity index (χ3v) is 3.97. The molecule has 116 valence electrons. The maximum absolute atomic E-state index is 12.0. The van der Waals surface area contributed by atoms with Gasteiger partial charge in [-0.05, 0) is 25.0 Å². The third kappa shape index (κ3) is 4.33. The number of rotatable bonds is 5. The Morgan fingerprint density at radius 1 is 1.52 bits per heavy atom. The molecule has 5 nitrogen and oxygen atoms in total. The van der Waals surface area contributed by atoms with Crippen molar-refractivity contribution in [3.05, 3.63) is 29.3 Å². The Hall–Kier alpha value is -1.30. The van der Waals surface area contributed by atoms with E-state index in [-0.39, 0.29) is 18.4 Å². The maximum atomic E-state index is 12.0. The Morgan fingerprint density at radius 3 is 3.00 bits per heavy atom. The fraction of sp³-hybridized carbons (Fsp3) is 0.533. The van der Waals surface area contributed by atoms with E-state index in [4.69, 9.17) is 27.2 Å². The number of nitrogens with zero attached hydrogens (tertiary/aromatic N) is 1. The quantitative estimate of drug-likeness (QED) is 0.858. The van der Waals surface area contributed by atoms with Crippen LogP contribution in [0.4, 0.5) is 0 Å². The zero-order valence-corrected chi connectivity index (χ0v) is 12.6. The van der Waals surface area contributed by atoms with Gasteiger partial charge in [-0.1, -0.05) is 23.7 Å². The topological polar surface area (TPSA) is 75.8 Å². The first kappa shape index (κ1) is 16.1. The van der Waals surface area contributed by atoms with E-state index in [1.807, 2.05) is 18.2 Å². The van der Waals surface area contributed by atoms with Crippen molar-refractivity contribution in [1.29, 1.82) is 0 Å². The van der Waals surface area contributed by atoms with Crippen LogP contribution in [0, 0.1) is 5.92 Å². The van der Waals surface area contributed by atoms with Crippen LogP contribution in [0.2, 0.25) is 5.02 Å². The van der Waals surface area contributed by atoms with E-state index in [1.54, 1.807) is 11.0 Å². The van der Waals surface area contributed by atoms with Gasteiger partial charge in [-0.15, -0.1) is 0 Å². The molecule has 0 spiro atoms. The number of aliphatic hydroxyl groups excluding tert-OH is 1. The standard InChI is InChI=1S/C15H21ClN2O3/c16-12-5-1-2-6-14(12)21-10-11-4-3-7-18(8-11)15(20)13(17)9-19/h1-2,5-6,11,13,19H,3-4,7-10,17H2. The Labute approximate surface area is 129 Å². The highest BCUT2D eigenvalue weighted by molar-refractivity contribution is 6.32. The van der Waals surface area contributed by atoms with Gasteiger partial charge in [0.15, 0.2) is 0 Å². The lowest BCUT2D eigenvalue weighted by atomic mass is 9.98. The number of para-hydroxylation sites is 1. The summed E-state index contributed by atoms with van der Waals surface area (Å²) in [6, 6.07) is 6.52. The number of aliphatic hydroxyl groups is 1. The molecule has 0 aromatic heterocycles. The van der Waals surface area contributed by atoms with Crippen LogP contribution in [0.15, 0.2) is 24.3 Å². The number of benzene rings is 1. The highest BCUT2D eigenvalue weighted by Gasteiger charge is 2.27. The number of amides is 1. The zero-order chi connectivity index (χ0) is 15.2. The Morgan fingerprint density at radius 2 is 2.29 bits per heavy atom. The van der Waals surface area contributed by atoms with Gasteiger partial charge in [-0.2, -0.15) is 0 Å². The molecule has 2 atom stereocenters. The molecule has 0 radical (unpaired) electrons. The lowest BCUT2D eigenvalue weighted by Gasteiger charge is -2.33. The van der Waals surface area contributed by atoms with E-state index in [1.165, 1.54) is 0 Å². The fourth-order valence-corrected chi connectivity index (χ4v) is 2.67. The molecule has 1 aromatic carbocycles. The number of hydrogen-bond acceptors (Lipinski definition) is 4. The largest absolute Gasteiger partial charge is 0.492 e. The normalized spacial score (nSPS) is 20.1. The SMILES string of the molecule is NC(CO)C(=O)N1CCCC(COc2ccccc2Cl)C1. The summed E-state index contributed by atoms with van der Waals surface area (Å²) in [5.41, 5.74) is 5.59. The minimum absolute atomic E-state index is 0.194. The second-order valence-corrected chi connectivity index (χ2v) is 5.73. The third-order valence-electron chi connectivity index (χ3n) is 3.66. The van der Waals surface area contributed by atoms with E-state index in [9.17, 15) is 4.79 Å². The average molecular weight is 313 g/mol. The molecule has 0 bridgehead atoms. The van der Waals surface area contributed by atoms with E-state index in [0.29, 0.717) is 30.5 Å². The van der Waals surface area contributed by atoms with Gasteiger partial charge in [-0.25, -0.2) is 0 Å². The highest BCUT2D eigenvalue weighted by atomic mass is 35.5. The minimum Gasteiger partial charge on any atom is -0.492 e. The summed E-state index contributed by atoms with van der Waals surface area (Å²) in [4.78, 5) is 13.7. The lowest BCUT2D eigenvalue weighted by Crippen LogP contribution is -2.50. The molecule has 6 heteroatoms. The molecule has 0 saturated carbocycles. The van der Waals surface area contributed by atoms with E-state index >= 15 is 0 Å². The lowest BCUT2D eigenvalue weighted by molar-refractivity contribution is -0.135. The van der Waals surface area contributed by atoms with Crippen LogP contribution in [0.25, 0.3) is 0 Å². The van der Waals surface area contributed by atoms with Crippen molar-refractivity contribution < 1.29 is 14.6 Å². The summed E-state index contributed by atoms with van der Waals surface area (Å²) in [6.07, 6.45) is 1.92. The Balaban J connectivity index is 1.87. The summed E-state index contributed by atoms with van der Waals surface area (Å²) in [5, 5.41) is 9.56. The Kier molecular flexibility index (Phi) is 5.85. The van der Waals surface area contributed by atoms with Gasteiger partial charge in [0.05, 0.1) is 18.2 Å². The van der Waals surface area contributed by atoms with Gasteiger partial charge in [0.2, 0.25) is 5.91 Å². The first-order valence-corrected chi connectivity index (χ1v) is 7.52. The molecule has 3 N–H and O–H groups in total. The molecule has 1 saturated heterocycles. The van der Waals surface area contributed by atoms with Gasteiger partial charge in [-0.3, -0.25) is 4.79 Å². The summed E-state index contributed by atoms with van der Waals surface area (Å²) >= 11 is 6.05. The van der Waals surface area contributed by atoms with Crippen LogP contribution in [-0.2, 0) is 4.79 Å². The highest BCUT2D eigenvalue weighted by Crippen LogP contribution is 2.25. The second kappa shape index (κ2) is 7.64. The molecule has 1 amide bonds. The number of ether oxygens (including phenoxy) is 1. The number of piperidine rings is 1. The fourth-order valence-electron chi connectivity index (χ4n) is 2.48. The van der Waals surface area contributed by atoms with Crippen LogP contribution in [0.5, 0.6) is 5.75 Å². The van der Waals surface area contributed by atoms with Crippen molar-refractivity contribution in [3.63, 3.8) is 0 Å². The molecule has 0 aliphatic carbocycles. The number of halogens is 1. The van der Waals surface area contributed by atoms with Crippen molar-refractivity contribution in [2.45, 2.75) is 18.9 Å². The van der Waals surface area contributed by atoms with Gasteiger partial charge in [0.25, 0.3) is 0 Å². The number of likely N-dealkylation sites (tertiary alicyclic amines) is 1. The number of carbonyl (C=O) groups excluding carboxylic acids is 1. The van der Waals surface area contributed by atoms with E-state index in [0.717, 1.165) is 12.8 Å². The molecular weight excluding hydrogens is 292 g/mol. The molecular formula is C15H21ClN2O3. The van der Waals surface area contributed by atoms with Crippen LogP contribution >= 0.6 is 11.6 Å². The summed E-state index contributed by atoms with van der Waals surface area (Å²) in [7, 11) is 0. The first-order valence-electron chi connectivity index (χ1n) is 7.14. The number of carbonyl (C=O) groups is 1. The zero-order valence-electron chi connectivity index (χ0n) is 11.9. The van der Waals surface area contributed by atoms with Gasteiger partial charge < -0.3 is 20.5 Å². The minimum atomic E-state index is -0.826. The summed E-state index contributed by atoms with van der Waals surface area (Å²) in [5.74, 6) is 0.722.